The van der Waals surface area contributed by atoms with Crippen LogP contribution in [0.5, 0.6) is 0 Å². The number of carbonyl (C=O) groups excluding carboxylic acids is 1. The predicted octanol–water partition coefficient (Wildman–Crippen LogP) is 2.23. The molecular weight excluding hydrogens is 321 g/mol. The highest BCUT2D eigenvalue weighted by Gasteiger charge is 2.21. The summed E-state index contributed by atoms with van der Waals surface area (Å²) in [5, 5.41) is 2.89. The first-order valence-corrected chi connectivity index (χ1v) is 7.95. The molecule has 0 radical (unpaired) electrons. The lowest BCUT2D eigenvalue weighted by atomic mass is 10.1. The summed E-state index contributed by atoms with van der Waals surface area (Å²) < 4.78 is 24.6. The van der Waals surface area contributed by atoms with Crippen molar-refractivity contribution in [2.75, 3.05) is 11.5 Å². The quantitative estimate of drug-likeness (QED) is 0.902. The fraction of sp³-hybridized carbons (Fsp3) is 0.417. The van der Waals surface area contributed by atoms with Crippen LogP contribution < -0.4 is 5.32 Å². The van der Waals surface area contributed by atoms with Crippen molar-refractivity contribution < 1.29 is 13.4 Å². The average molecular weight is 334 g/mol. The summed E-state index contributed by atoms with van der Waals surface area (Å²) in [6.45, 7) is 0. The van der Waals surface area contributed by atoms with E-state index in [1.165, 1.54) is 18.2 Å². The van der Waals surface area contributed by atoms with E-state index in [1.807, 2.05) is 0 Å². The first kappa shape index (κ1) is 13.7. The minimum Gasteiger partial charge on any atom is -0.349 e. The van der Waals surface area contributed by atoms with E-state index < -0.39 is 10.8 Å². The number of amides is 1. The van der Waals surface area contributed by atoms with Crippen molar-refractivity contribution in [2.45, 2.75) is 18.9 Å². The molecule has 0 bridgehead atoms. The van der Waals surface area contributed by atoms with E-state index in [2.05, 4.69) is 21.2 Å². The van der Waals surface area contributed by atoms with Crippen LogP contribution in [0, 0.1) is 5.82 Å². The van der Waals surface area contributed by atoms with Crippen molar-refractivity contribution in [2.24, 2.45) is 0 Å². The van der Waals surface area contributed by atoms with Crippen LogP contribution in [0.4, 0.5) is 4.39 Å². The third kappa shape index (κ3) is 3.38. The molecule has 1 saturated heterocycles. The van der Waals surface area contributed by atoms with Crippen molar-refractivity contribution in [3.05, 3.63) is 34.1 Å². The van der Waals surface area contributed by atoms with Gasteiger partial charge in [-0.25, -0.2) is 4.39 Å². The molecule has 0 aromatic heterocycles. The molecule has 1 aliphatic rings. The summed E-state index contributed by atoms with van der Waals surface area (Å²) in [5.41, 5.74) is 0.420. The summed E-state index contributed by atoms with van der Waals surface area (Å²) in [4.78, 5) is 12.0. The molecule has 1 aromatic rings. The zero-order chi connectivity index (χ0) is 13.1. The average Bonchev–Trinajstić information content (AvgIpc) is 2.32. The van der Waals surface area contributed by atoms with Gasteiger partial charge in [0.2, 0.25) is 0 Å². The van der Waals surface area contributed by atoms with Crippen LogP contribution in [-0.2, 0) is 10.8 Å². The van der Waals surface area contributed by atoms with Crippen LogP contribution >= 0.6 is 15.9 Å². The fourth-order valence-electron chi connectivity index (χ4n) is 1.87. The van der Waals surface area contributed by atoms with Crippen LogP contribution in [0.3, 0.4) is 0 Å². The van der Waals surface area contributed by atoms with Gasteiger partial charge in [0.1, 0.15) is 5.82 Å². The number of carbonyl (C=O) groups is 1. The van der Waals surface area contributed by atoms with Gasteiger partial charge >= 0.3 is 0 Å². The Labute approximate surface area is 116 Å². The first-order chi connectivity index (χ1) is 8.56. The van der Waals surface area contributed by atoms with Gasteiger partial charge in [0, 0.05) is 32.8 Å². The number of benzene rings is 1. The lowest BCUT2D eigenvalue weighted by Crippen LogP contribution is -2.39. The van der Waals surface area contributed by atoms with E-state index >= 15 is 0 Å². The number of rotatable bonds is 2. The van der Waals surface area contributed by atoms with Gasteiger partial charge in [-0.3, -0.25) is 9.00 Å². The van der Waals surface area contributed by atoms with Crippen LogP contribution in [-0.4, -0.2) is 27.7 Å². The summed E-state index contributed by atoms with van der Waals surface area (Å²) in [6.07, 6.45) is 1.47. The highest BCUT2D eigenvalue weighted by Crippen LogP contribution is 2.19. The molecular formula is C12H13BrFNO2S. The molecule has 1 N–H and O–H groups in total. The van der Waals surface area contributed by atoms with E-state index in [-0.39, 0.29) is 17.8 Å². The molecule has 18 heavy (non-hydrogen) atoms. The van der Waals surface area contributed by atoms with Crippen LogP contribution in [0.25, 0.3) is 0 Å². The third-order valence-electron chi connectivity index (χ3n) is 2.90. The van der Waals surface area contributed by atoms with Crippen molar-refractivity contribution in [3.8, 4) is 0 Å². The Hall–Kier alpha value is -0.750. The Bertz CT molecular complexity index is 485. The van der Waals surface area contributed by atoms with Gasteiger partial charge in [-0.05, 0) is 47.0 Å². The Morgan fingerprint density at radius 1 is 1.39 bits per heavy atom. The summed E-state index contributed by atoms with van der Waals surface area (Å²) in [7, 11) is -0.738. The molecule has 1 aliphatic heterocycles. The second-order valence-electron chi connectivity index (χ2n) is 4.22. The number of hydrogen-bond donors (Lipinski definition) is 1. The number of nitrogens with one attached hydrogen (secondary N) is 1. The molecule has 0 atom stereocenters. The van der Waals surface area contributed by atoms with E-state index in [0.717, 1.165) is 12.8 Å². The summed E-state index contributed by atoms with van der Waals surface area (Å²) in [6, 6.07) is 4.04. The molecule has 98 valence electrons. The smallest absolute Gasteiger partial charge is 0.252 e. The van der Waals surface area contributed by atoms with Gasteiger partial charge < -0.3 is 5.32 Å². The van der Waals surface area contributed by atoms with Crippen molar-refractivity contribution in [1.29, 1.82) is 0 Å². The SMILES string of the molecule is O=C(NC1CCS(=O)CC1)c1ccc(F)cc1Br. The molecule has 1 amide bonds. The van der Waals surface area contributed by atoms with Crippen LogP contribution in [0.2, 0.25) is 0 Å². The minimum atomic E-state index is -0.738. The van der Waals surface area contributed by atoms with Gasteiger partial charge in [0.05, 0.1) is 5.56 Å². The van der Waals surface area contributed by atoms with Gasteiger partial charge in [-0.15, -0.1) is 0 Å². The van der Waals surface area contributed by atoms with Crippen LogP contribution in [0.15, 0.2) is 22.7 Å². The summed E-state index contributed by atoms with van der Waals surface area (Å²) in [5.74, 6) is 0.663. The van der Waals surface area contributed by atoms with Gasteiger partial charge in [-0.2, -0.15) is 0 Å². The molecule has 3 nitrogen and oxygen atoms in total. The molecule has 1 aromatic carbocycles. The molecule has 2 rings (SSSR count). The summed E-state index contributed by atoms with van der Waals surface area (Å²) >= 11 is 3.17. The molecule has 1 heterocycles. The lowest BCUT2D eigenvalue weighted by molar-refractivity contribution is 0.0933. The number of hydrogen-bond acceptors (Lipinski definition) is 2. The standard InChI is InChI=1S/C12H13BrFNO2S/c13-11-7-8(14)1-2-10(11)12(16)15-9-3-5-18(17)6-4-9/h1-2,7,9H,3-6H2,(H,15,16). The van der Waals surface area contributed by atoms with Crippen molar-refractivity contribution in [3.63, 3.8) is 0 Å². The maximum Gasteiger partial charge on any atom is 0.252 e. The lowest BCUT2D eigenvalue weighted by Gasteiger charge is -2.22. The Kier molecular flexibility index (Phi) is 4.50. The third-order valence-corrected chi connectivity index (χ3v) is 4.94. The van der Waals surface area contributed by atoms with Crippen LogP contribution in [0.1, 0.15) is 23.2 Å². The normalized spacial score (nSPS) is 23.7. The zero-order valence-electron chi connectivity index (χ0n) is 9.62. The van der Waals surface area contributed by atoms with E-state index in [4.69, 9.17) is 0 Å². The second kappa shape index (κ2) is 5.93. The predicted molar refractivity (Wildman–Crippen MR) is 72.5 cm³/mol. The van der Waals surface area contributed by atoms with Gasteiger partial charge in [-0.1, -0.05) is 0 Å². The molecule has 0 spiro atoms. The Balaban J connectivity index is 2.01. The molecule has 0 unspecified atom stereocenters. The van der Waals surface area contributed by atoms with Gasteiger partial charge in [0.15, 0.2) is 0 Å². The van der Waals surface area contributed by atoms with E-state index in [1.54, 1.807) is 0 Å². The van der Waals surface area contributed by atoms with E-state index in [9.17, 15) is 13.4 Å². The monoisotopic (exact) mass is 333 g/mol. The second-order valence-corrected chi connectivity index (χ2v) is 6.77. The molecule has 1 fully saturated rings. The Morgan fingerprint density at radius 2 is 2.06 bits per heavy atom. The first-order valence-electron chi connectivity index (χ1n) is 5.67. The fourth-order valence-corrected chi connectivity index (χ4v) is 3.70. The largest absolute Gasteiger partial charge is 0.349 e. The molecule has 0 saturated carbocycles. The highest BCUT2D eigenvalue weighted by atomic mass is 79.9. The zero-order valence-corrected chi connectivity index (χ0v) is 12.0. The van der Waals surface area contributed by atoms with Gasteiger partial charge in [0.25, 0.3) is 5.91 Å². The topological polar surface area (TPSA) is 46.2 Å². The van der Waals surface area contributed by atoms with Crippen molar-refractivity contribution in [1.82, 2.24) is 5.32 Å². The number of halogens is 2. The molecule has 6 heteroatoms. The minimum absolute atomic E-state index is 0.0622. The van der Waals surface area contributed by atoms with Crippen molar-refractivity contribution >= 4 is 32.6 Å². The maximum absolute atomic E-state index is 12.9. The maximum atomic E-state index is 12.9. The Morgan fingerprint density at radius 3 is 2.67 bits per heavy atom. The molecule has 0 aliphatic carbocycles. The van der Waals surface area contributed by atoms with E-state index in [0.29, 0.717) is 21.5 Å². The highest BCUT2D eigenvalue weighted by molar-refractivity contribution is 9.10.